The maximum absolute atomic E-state index is 9.39. The van der Waals surface area contributed by atoms with Crippen LogP contribution in [0.2, 0.25) is 0 Å². The summed E-state index contributed by atoms with van der Waals surface area (Å²) in [5, 5.41) is 18.8. The zero-order valence-electron chi connectivity index (χ0n) is 12.0. The van der Waals surface area contributed by atoms with Crippen molar-refractivity contribution in [1.82, 2.24) is 4.90 Å². The first kappa shape index (κ1) is 14.6. The first-order valence-corrected chi connectivity index (χ1v) is 7.20. The highest BCUT2D eigenvalue weighted by atomic mass is 16.4. The van der Waals surface area contributed by atoms with Crippen LogP contribution in [0.5, 0.6) is 0 Å². The molecule has 0 aromatic heterocycles. The Morgan fingerprint density at radius 3 is 2.42 bits per heavy atom. The molecule has 4 heteroatoms. The number of nitrogens with zero attached hydrogens (tertiary/aromatic N) is 1. The van der Waals surface area contributed by atoms with Crippen LogP contribution in [0.3, 0.4) is 0 Å². The standard InChI is InChI=1S/C15H24BNO2/c1-3-15(2)8-10-17(11-9-15)12-13-6-4-5-7-14(13)16(18)19/h4-7,18-19H,3,8-12H2,1-2H3. The van der Waals surface area contributed by atoms with Gasteiger partial charge < -0.3 is 10.0 Å². The highest BCUT2D eigenvalue weighted by molar-refractivity contribution is 6.59. The van der Waals surface area contributed by atoms with Crippen molar-refractivity contribution in [3.8, 4) is 0 Å². The molecule has 0 radical (unpaired) electrons. The average molecular weight is 261 g/mol. The first-order valence-electron chi connectivity index (χ1n) is 7.20. The maximum atomic E-state index is 9.39. The summed E-state index contributed by atoms with van der Waals surface area (Å²) in [4.78, 5) is 2.42. The van der Waals surface area contributed by atoms with E-state index in [0.717, 1.165) is 25.2 Å². The predicted molar refractivity (Wildman–Crippen MR) is 79.2 cm³/mol. The van der Waals surface area contributed by atoms with Gasteiger partial charge in [-0.3, -0.25) is 4.90 Å². The van der Waals surface area contributed by atoms with Crippen LogP contribution in [0.1, 0.15) is 38.7 Å². The molecule has 0 spiro atoms. The van der Waals surface area contributed by atoms with Gasteiger partial charge >= 0.3 is 7.12 Å². The first-order chi connectivity index (χ1) is 9.04. The van der Waals surface area contributed by atoms with E-state index in [-0.39, 0.29) is 0 Å². The molecule has 19 heavy (non-hydrogen) atoms. The summed E-state index contributed by atoms with van der Waals surface area (Å²) in [6.45, 7) is 7.65. The molecule has 2 rings (SSSR count). The maximum Gasteiger partial charge on any atom is 0.488 e. The van der Waals surface area contributed by atoms with E-state index >= 15 is 0 Å². The lowest BCUT2D eigenvalue weighted by Crippen LogP contribution is -2.40. The Labute approximate surface area is 116 Å². The monoisotopic (exact) mass is 261 g/mol. The fourth-order valence-corrected chi connectivity index (χ4v) is 2.78. The third-order valence-electron chi connectivity index (χ3n) is 4.64. The van der Waals surface area contributed by atoms with Crippen LogP contribution >= 0.6 is 0 Å². The number of rotatable bonds is 4. The van der Waals surface area contributed by atoms with Gasteiger partial charge in [0.1, 0.15) is 0 Å². The van der Waals surface area contributed by atoms with Gasteiger partial charge in [0.2, 0.25) is 0 Å². The summed E-state index contributed by atoms with van der Waals surface area (Å²) in [6, 6.07) is 7.59. The molecule has 1 aromatic rings. The quantitative estimate of drug-likeness (QED) is 0.805. The Bertz CT molecular complexity index is 414. The summed E-state index contributed by atoms with van der Waals surface area (Å²) < 4.78 is 0. The minimum absolute atomic E-state index is 0.493. The van der Waals surface area contributed by atoms with Crippen molar-refractivity contribution in [3.05, 3.63) is 29.8 Å². The molecular formula is C15H24BNO2. The van der Waals surface area contributed by atoms with Crippen LogP contribution in [-0.4, -0.2) is 35.2 Å². The average Bonchev–Trinajstić information content (AvgIpc) is 2.42. The van der Waals surface area contributed by atoms with E-state index in [0.29, 0.717) is 10.9 Å². The van der Waals surface area contributed by atoms with E-state index < -0.39 is 7.12 Å². The number of hydrogen-bond donors (Lipinski definition) is 2. The SMILES string of the molecule is CCC1(C)CCN(Cc2ccccc2B(O)O)CC1. The summed E-state index contributed by atoms with van der Waals surface area (Å²) in [5.41, 5.74) is 2.15. The topological polar surface area (TPSA) is 43.7 Å². The molecule has 1 aliphatic rings. The molecule has 0 saturated carbocycles. The highest BCUT2D eigenvalue weighted by Gasteiger charge is 2.28. The second kappa shape index (κ2) is 6.08. The smallest absolute Gasteiger partial charge is 0.423 e. The van der Waals surface area contributed by atoms with Gasteiger partial charge in [0.15, 0.2) is 0 Å². The molecule has 1 heterocycles. The van der Waals surface area contributed by atoms with Gasteiger partial charge in [-0.25, -0.2) is 0 Å². The van der Waals surface area contributed by atoms with Crippen LogP contribution in [-0.2, 0) is 6.54 Å². The van der Waals surface area contributed by atoms with Gasteiger partial charge in [0.05, 0.1) is 0 Å². The van der Waals surface area contributed by atoms with E-state index in [2.05, 4.69) is 18.7 Å². The molecule has 1 aliphatic heterocycles. The van der Waals surface area contributed by atoms with Crippen molar-refractivity contribution < 1.29 is 10.0 Å². The van der Waals surface area contributed by atoms with Gasteiger partial charge in [0, 0.05) is 6.54 Å². The minimum atomic E-state index is -1.37. The van der Waals surface area contributed by atoms with Crippen molar-refractivity contribution in [2.45, 2.75) is 39.7 Å². The van der Waals surface area contributed by atoms with Crippen LogP contribution in [0, 0.1) is 5.41 Å². The third kappa shape index (κ3) is 3.59. The van der Waals surface area contributed by atoms with E-state index in [4.69, 9.17) is 0 Å². The Morgan fingerprint density at radius 1 is 1.21 bits per heavy atom. The zero-order chi connectivity index (χ0) is 13.9. The lowest BCUT2D eigenvalue weighted by atomic mass is 9.76. The molecule has 0 unspecified atom stereocenters. The summed E-state index contributed by atoms with van der Waals surface area (Å²) in [7, 11) is -1.37. The Balaban J connectivity index is 2.00. The summed E-state index contributed by atoms with van der Waals surface area (Å²) >= 11 is 0. The van der Waals surface area contributed by atoms with Crippen molar-refractivity contribution in [2.75, 3.05) is 13.1 Å². The minimum Gasteiger partial charge on any atom is -0.423 e. The number of likely N-dealkylation sites (tertiary alicyclic amines) is 1. The van der Waals surface area contributed by atoms with Gasteiger partial charge in [-0.2, -0.15) is 0 Å². The van der Waals surface area contributed by atoms with E-state index in [1.165, 1.54) is 19.3 Å². The Kier molecular flexibility index (Phi) is 4.66. The van der Waals surface area contributed by atoms with Gasteiger partial charge in [-0.05, 0) is 42.4 Å². The molecular weight excluding hydrogens is 237 g/mol. The normalized spacial score (nSPS) is 19.4. The molecule has 0 atom stereocenters. The van der Waals surface area contributed by atoms with Crippen molar-refractivity contribution in [3.63, 3.8) is 0 Å². The molecule has 1 fully saturated rings. The molecule has 2 N–H and O–H groups in total. The molecule has 0 aliphatic carbocycles. The van der Waals surface area contributed by atoms with Crippen molar-refractivity contribution in [1.29, 1.82) is 0 Å². The summed E-state index contributed by atoms with van der Waals surface area (Å²) in [6.07, 6.45) is 3.70. The zero-order valence-corrected chi connectivity index (χ0v) is 12.0. The molecule has 1 aromatic carbocycles. The number of benzene rings is 1. The molecule has 1 saturated heterocycles. The predicted octanol–water partition coefficient (Wildman–Crippen LogP) is 1.38. The molecule has 0 bridgehead atoms. The van der Waals surface area contributed by atoms with Gasteiger partial charge in [-0.1, -0.05) is 44.5 Å². The second-order valence-electron chi connectivity index (χ2n) is 6.01. The fraction of sp³-hybridized carbons (Fsp3) is 0.600. The number of hydrogen-bond acceptors (Lipinski definition) is 3. The van der Waals surface area contributed by atoms with Crippen molar-refractivity contribution in [2.24, 2.45) is 5.41 Å². The Hall–Kier alpha value is -0.835. The van der Waals surface area contributed by atoms with Crippen molar-refractivity contribution >= 4 is 12.6 Å². The summed E-state index contributed by atoms with van der Waals surface area (Å²) in [5.74, 6) is 0. The van der Waals surface area contributed by atoms with Crippen LogP contribution in [0.15, 0.2) is 24.3 Å². The van der Waals surface area contributed by atoms with Crippen LogP contribution in [0.4, 0.5) is 0 Å². The fourth-order valence-electron chi connectivity index (χ4n) is 2.78. The molecule has 3 nitrogen and oxygen atoms in total. The second-order valence-corrected chi connectivity index (χ2v) is 6.01. The number of piperidine rings is 1. The lowest BCUT2D eigenvalue weighted by Gasteiger charge is -2.39. The van der Waals surface area contributed by atoms with Crippen LogP contribution in [0.25, 0.3) is 0 Å². The van der Waals surface area contributed by atoms with E-state index in [9.17, 15) is 10.0 Å². The van der Waals surface area contributed by atoms with Crippen LogP contribution < -0.4 is 5.46 Å². The largest absolute Gasteiger partial charge is 0.488 e. The van der Waals surface area contributed by atoms with Gasteiger partial charge in [0.25, 0.3) is 0 Å². The van der Waals surface area contributed by atoms with E-state index in [1.54, 1.807) is 6.07 Å². The lowest BCUT2D eigenvalue weighted by molar-refractivity contribution is 0.110. The van der Waals surface area contributed by atoms with Gasteiger partial charge in [-0.15, -0.1) is 0 Å². The third-order valence-corrected chi connectivity index (χ3v) is 4.64. The molecule has 0 amide bonds. The highest BCUT2D eigenvalue weighted by Crippen LogP contribution is 2.34. The molecule has 104 valence electrons. The Morgan fingerprint density at radius 2 is 1.84 bits per heavy atom. The van der Waals surface area contributed by atoms with E-state index in [1.807, 2.05) is 18.2 Å².